The van der Waals surface area contributed by atoms with Crippen molar-refractivity contribution in [2.75, 3.05) is 25.2 Å². The molecule has 0 aliphatic carbocycles. The highest BCUT2D eigenvalue weighted by Gasteiger charge is 2.23. The van der Waals surface area contributed by atoms with Crippen molar-refractivity contribution in [1.29, 1.82) is 0 Å². The van der Waals surface area contributed by atoms with E-state index in [9.17, 15) is 4.79 Å². The third-order valence-electron chi connectivity index (χ3n) is 4.23. The van der Waals surface area contributed by atoms with Crippen molar-refractivity contribution in [1.82, 2.24) is 9.99 Å². The van der Waals surface area contributed by atoms with Crippen LogP contribution in [0.3, 0.4) is 0 Å². The molecule has 132 valence electrons. The fourth-order valence-electron chi connectivity index (χ4n) is 2.98. The zero-order chi connectivity index (χ0) is 17.8. The molecule has 0 atom stereocenters. The summed E-state index contributed by atoms with van der Waals surface area (Å²) < 4.78 is 10.7. The van der Waals surface area contributed by atoms with E-state index in [4.69, 9.17) is 15.2 Å². The maximum absolute atomic E-state index is 11.1. The van der Waals surface area contributed by atoms with Gasteiger partial charge in [0, 0.05) is 32.5 Å². The highest BCUT2D eigenvalue weighted by molar-refractivity contribution is 5.69. The summed E-state index contributed by atoms with van der Waals surface area (Å²) in [5.41, 5.74) is 8.52. The van der Waals surface area contributed by atoms with Crippen LogP contribution < -0.4 is 20.2 Å². The molecule has 25 heavy (non-hydrogen) atoms. The van der Waals surface area contributed by atoms with E-state index in [-0.39, 0.29) is 0 Å². The van der Waals surface area contributed by atoms with Crippen molar-refractivity contribution in [2.45, 2.75) is 19.9 Å². The summed E-state index contributed by atoms with van der Waals surface area (Å²) in [4.78, 5) is 15.2. The Hall–Kier alpha value is -2.80. The summed E-state index contributed by atoms with van der Waals surface area (Å²) in [6, 6.07) is 7.74. The molecule has 1 aliphatic rings. The van der Waals surface area contributed by atoms with Crippen LogP contribution in [-0.4, -0.2) is 36.3 Å². The first-order chi connectivity index (χ1) is 12.1. The Morgan fingerprint density at radius 3 is 2.68 bits per heavy atom. The number of hydrogen-bond acceptors (Lipinski definition) is 6. The van der Waals surface area contributed by atoms with Gasteiger partial charge in [-0.25, -0.2) is 9.80 Å². The molecular formula is C18H22N4O3. The summed E-state index contributed by atoms with van der Waals surface area (Å²) in [6.45, 7) is 3.96. The Morgan fingerprint density at radius 1 is 1.28 bits per heavy atom. The van der Waals surface area contributed by atoms with Crippen LogP contribution >= 0.6 is 0 Å². The number of ether oxygens (including phenoxy) is 2. The smallest absolute Gasteiger partial charge is 0.410 e. The first-order valence-electron chi connectivity index (χ1n) is 8.23. The van der Waals surface area contributed by atoms with Crippen molar-refractivity contribution in [3.05, 3.63) is 47.8 Å². The van der Waals surface area contributed by atoms with Crippen LogP contribution in [0.1, 0.15) is 18.1 Å². The number of amides is 1. The quantitative estimate of drug-likeness (QED) is 0.898. The van der Waals surface area contributed by atoms with E-state index >= 15 is 0 Å². The van der Waals surface area contributed by atoms with Gasteiger partial charge in [0.15, 0.2) is 11.5 Å². The van der Waals surface area contributed by atoms with Crippen molar-refractivity contribution in [2.24, 2.45) is 5.73 Å². The van der Waals surface area contributed by atoms with Crippen molar-refractivity contribution >= 4 is 11.8 Å². The monoisotopic (exact) mass is 342 g/mol. The Labute approximate surface area is 146 Å². The van der Waals surface area contributed by atoms with Gasteiger partial charge in [-0.1, -0.05) is 0 Å². The highest BCUT2D eigenvalue weighted by atomic mass is 16.6. The van der Waals surface area contributed by atoms with Crippen molar-refractivity contribution < 1.29 is 14.3 Å². The van der Waals surface area contributed by atoms with E-state index in [0.29, 0.717) is 18.1 Å². The molecule has 2 heterocycles. The SMILES string of the molecule is CCOc1cc2c(cc1OC(N)=O)CCN(N(C)c1ccncc1)C2. The summed E-state index contributed by atoms with van der Waals surface area (Å²) in [5.74, 6) is 0.914. The van der Waals surface area contributed by atoms with Crippen LogP contribution in [0, 0.1) is 0 Å². The van der Waals surface area contributed by atoms with E-state index in [1.165, 1.54) is 0 Å². The Kier molecular flexibility index (Phi) is 5.04. The molecule has 3 rings (SSSR count). The average Bonchev–Trinajstić information content (AvgIpc) is 2.61. The molecule has 2 N–H and O–H groups in total. The molecule has 0 radical (unpaired) electrons. The van der Waals surface area contributed by atoms with Gasteiger partial charge in [-0.05, 0) is 48.7 Å². The van der Waals surface area contributed by atoms with Crippen LogP contribution in [-0.2, 0) is 13.0 Å². The van der Waals surface area contributed by atoms with Crippen molar-refractivity contribution in [3.8, 4) is 11.5 Å². The molecule has 7 nitrogen and oxygen atoms in total. The van der Waals surface area contributed by atoms with Crippen LogP contribution in [0.25, 0.3) is 0 Å². The molecule has 1 amide bonds. The topological polar surface area (TPSA) is 80.9 Å². The van der Waals surface area contributed by atoms with Gasteiger partial charge in [0.1, 0.15) is 0 Å². The van der Waals surface area contributed by atoms with Crippen LogP contribution in [0.15, 0.2) is 36.7 Å². The number of carbonyl (C=O) groups excluding carboxylic acids is 1. The third kappa shape index (κ3) is 3.83. The number of carbonyl (C=O) groups is 1. The van der Waals surface area contributed by atoms with Gasteiger partial charge in [-0.3, -0.25) is 4.98 Å². The van der Waals surface area contributed by atoms with E-state index < -0.39 is 6.09 Å². The van der Waals surface area contributed by atoms with Crippen LogP contribution in [0.2, 0.25) is 0 Å². The van der Waals surface area contributed by atoms with Gasteiger partial charge >= 0.3 is 6.09 Å². The fourth-order valence-corrected chi connectivity index (χ4v) is 2.98. The number of pyridine rings is 1. The minimum Gasteiger partial charge on any atom is -0.490 e. The lowest BCUT2D eigenvalue weighted by Crippen LogP contribution is -2.43. The summed E-state index contributed by atoms with van der Waals surface area (Å²) in [7, 11) is 2.04. The Bertz CT molecular complexity index is 751. The lowest BCUT2D eigenvalue weighted by Gasteiger charge is -2.37. The van der Waals surface area contributed by atoms with Gasteiger partial charge in [-0.2, -0.15) is 0 Å². The van der Waals surface area contributed by atoms with E-state index in [1.807, 2.05) is 38.2 Å². The molecular weight excluding hydrogens is 320 g/mol. The molecule has 1 aromatic carbocycles. The average molecular weight is 342 g/mol. The maximum Gasteiger partial charge on any atom is 0.410 e. The van der Waals surface area contributed by atoms with Gasteiger partial charge in [0.05, 0.1) is 12.3 Å². The summed E-state index contributed by atoms with van der Waals surface area (Å²) in [6.07, 6.45) is 3.57. The molecule has 1 aliphatic heterocycles. The predicted molar refractivity (Wildman–Crippen MR) is 94.6 cm³/mol. The van der Waals surface area contributed by atoms with Gasteiger partial charge < -0.3 is 20.2 Å². The normalized spacial score (nSPS) is 13.8. The molecule has 1 aromatic heterocycles. The predicted octanol–water partition coefficient (Wildman–Crippen LogP) is 2.35. The van der Waals surface area contributed by atoms with Gasteiger partial charge in [-0.15, -0.1) is 0 Å². The molecule has 0 saturated carbocycles. The first-order valence-corrected chi connectivity index (χ1v) is 8.23. The standard InChI is InChI=1S/C18H22N4O3/c1-3-24-16-11-14-12-22(21(2)15-4-7-20-8-5-15)9-6-13(14)10-17(16)25-18(19)23/h4-5,7-8,10-11H,3,6,9,12H2,1-2H3,(H2,19,23). The van der Waals surface area contributed by atoms with Gasteiger partial charge in [0.25, 0.3) is 0 Å². The zero-order valence-corrected chi connectivity index (χ0v) is 14.4. The number of anilines is 1. The molecule has 2 aromatic rings. The number of nitrogens with two attached hydrogens (primary N) is 1. The molecule has 0 bridgehead atoms. The fraction of sp³-hybridized carbons (Fsp3) is 0.333. The lowest BCUT2D eigenvalue weighted by molar-refractivity contribution is 0.207. The molecule has 0 unspecified atom stereocenters. The van der Waals surface area contributed by atoms with Crippen molar-refractivity contribution in [3.63, 3.8) is 0 Å². The van der Waals surface area contributed by atoms with Crippen LogP contribution in [0.4, 0.5) is 10.5 Å². The number of rotatable bonds is 5. The zero-order valence-electron chi connectivity index (χ0n) is 14.4. The molecule has 0 spiro atoms. The van der Waals surface area contributed by atoms with Gasteiger partial charge in [0.2, 0.25) is 0 Å². The Morgan fingerprint density at radius 2 is 2.00 bits per heavy atom. The minimum atomic E-state index is -0.837. The number of primary amides is 1. The second-order valence-corrected chi connectivity index (χ2v) is 5.79. The lowest BCUT2D eigenvalue weighted by atomic mass is 9.99. The summed E-state index contributed by atoms with van der Waals surface area (Å²) in [5, 5.41) is 4.38. The second kappa shape index (κ2) is 7.40. The number of hydrazine groups is 1. The number of aromatic nitrogens is 1. The number of nitrogens with zero attached hydrogens (tertiary/aromatic N) is 3. The molecule has 0 saturated heterocycles. The summed E-state index contributed by atoms with van der Waals surface area (Å²) >= 11 is 0. The molecule has 7 heteroatoms. The highest BCUT2D eigenvalue weighted by Crippen LogP contribution is 2.34. The molecule has 0 fully saturated rings. The van der Waals surface area contributed by atoms with E-state index in [1.54, 1.807) is 12.4 Å². The number of fused-ring (bicyclic) bond motifs is 1. The van der Waals surface area contributed by atoms with E-state index in [0.717, 1.165) is 36.3 Å². The van der Waals surface area contributed by atoms with E-state index in [2.05, 4.69) is 15.0 Å². The number of hydrogen-bond donors (Lipinski definition) is 1. The first kappa shape index (κ1) is 17.0. The van der Waals surface area contributed by atoms with Crippen LogP contribution in [0.5, 0.6) is 11.5 Å². The maximum atomic E-state index is 11.1. The minimum absolute atomic E-state index is 0.379. The largest absolute Gasteiger partial charge is 0.490 e. The second-order valence-electron chi connectivity index (χ2n) is 5.79. The third-order valence-corrected chi connectivity index (χ3v) is 4.23. The number of benzene rings is 1. The Balaban J connectivity index is 1.85.